The molecule has 4 heterocycles. The van der Waals surface area contributed by atoms with Crippen LogP contribution in [-0.2, 0) is 23.0 Å². The first kappa shape index (κ1) is 22.5. The molecule has 3 aromatic rings. The van der Waals surface area contributed by atoms with Gasteiger partial charge in [0.05, 0.1) is 10.6 Å². The van der Waals surface area contributed by atoms with Crippen molar-refractivity contribution in [3.63, 3.8) is 0 Å². The topological polar surface area (TPSA) is 121 Å². The second kappa shape index (κ2) is 8.84. The maximum Gasteiger partial charge on any atom is 0.259 e. The van der Waals surface area contributed by atoms with Gasteiger partial charge in [-0.1, -0.05) is 28.4 Å². The predicted molar refractivity (Wildman–Crippen MR) is 123 cm³/mol. The number of H-pyrrole nitrogens is 1. The molecule has 0 radical (unpaired) electrons. The smallest absolute Gasteiger partial charge is 0.259 e. The summed E-state index contributed by atoms with van der Waals surface area (Å²) in [4.78, 5) is 19.9. The number of aromatic amines is 1. The van der Waals surface area contributed by atoms with Crippen LogP contribution in [0.1, 0.15) is 35.9 Å². The van der Waals surface area contributed by atoms with Gasteiger partial charge in [0.2, 0.25) is 21.7 Å². The Bertz CT molecular complexity index is 1360. The zero-order valence-corrected chi connectivity index (χ0v) is 19.8. The molecule has 9 nitrogen and oxygen atoms in total. The molecule has 2 aliphatic heterocycles. The lowest BCUT2D eigenvalue weighted by atomic mass is 9.98. The highest BCUT2D eigenvalue weighted by Gasteiger charge is 2.33. The number of benzene rings is 1. The predicted octanol–water partition coefficient (Wildman–Crippen LogP) is 2.95. The van der Waals surface area contributed by atoms with E-state index < -0.39 is 10.0 Å². The van der Waals surface area contributed by atoms with E-state index in [0.717, 1.165) is 24.2 Å². The number of piperidine rings is 1. The van der Waals surface area contributed by atoms with Crippen molar-refractivity contribution in [1.82, 2.24) is 24.7 Å². The summed E-state index contributed by atoms with van der Waals surface area (Å²) in [6, 6.07) is 6.19. The molecule has 0 saturated carbocycles. The average Bonchev–Trinajstić information content (AvgIpc) is 3.30. The summed E-state index contributed by atoms with van der Waals surface area (Å²) in [5.74, 6) is 0.532. The molecule has 2 aliphatic rings. The van der Waals surface area contributed by atoms with Crippen molar-refractivity contribution in [1.29, 1.82) is 0 Å². The normalized spacial score (nSPS) is 17.8. The molecular formula is C21H21Cl2N5O4S. The second-order valence-electron chi connectivity index (χ2n) is 8.15. The zero-order valence-electron chi connectivity index (χ0n) is 17.5. The molecule has 33 heavy (non-hydrogen) atoms. The van der Waals surface area contributed by atoms with E-state index in [-0.39, 0.29) is 40.3 Å². The Morgan fingerprint density at radius 1 is 1.15 bits per heavy atom. The van der Waals surface area contributed by atoms with Gasteiger partial charge in [-0.15, -0.1) is 0 Å². The number of halogens is 2. The van der Waals surface area contributed by atoms with E-state index in [9.17, 15) is 13.2 Å². The molecule has 0 unspecified atom stereocenters. The standard InChI is InChI=1S/C21H21Cl2N5O4S/c22-14-1-2-16(23)18(10-14)33(30,31)28-7-4-12(5-8-28)21-26-19(27-32-21)15-9-13-11-24-6-3-17(13)25-20(15)29/h1-2,9-10,12,24H,3-8,11H2,(H,25,29). The molecule has 0 aliphatic carbocycles. The molecule has 0 spiro atoms. The van der Waals surface area contributed by atoms with Crippen molar-refractivity contribution in [2.75, 3.05) is 19.6 Å². The van der Waals surface area contributed by atoms with Crippen LogP contribution in [0.2, 0.25) is 10.0 Å². The Labute approximate surface area is 200 Å². The maximum atomic E-state index is 13.0. The highest BCUT2D eigenvalue weighted by atomic mass is 35.5. The van der Waals surface area contributed by atoms with E-state index in [0.29, 0.717) is 35.9 Å². The lowest BCUT2D eigenvalue weighted by molar-refractivity contribution is 0.271. The number of nitrogens with one attached hydrogen (secondary N) is 2. The van der Waals surface area contributed by atoms with E-state index in [2.05, 4.69) is 20.4 Å². The first-order valence-corrected chi connectivity index (χ1v) is 12.8. The number of rotatable bonds is 4. The number of fused-ring (bicyclic) bond motifs is 1. The van der Waals surface area contributed by atoms with Gasteiger partial charge in [-0.05, 0) is 42.7 Å². The highest BCUT2D eigenvalue weighted by Crippen LogP contribution is 2.33. The lowest BCUT2D eigenvalue weighted by Crippen LogP contribution is -2.38. The summed E-state index contributed by atoms with van der Waals surface area (Å²) < 4.78 is 32.9. The fourth-order valence-corrected chi connectivity index (χ4v) is 6.47. The third-order valence-corrected chi connectivity index (χ3v) is 8.69. The lowest BCUT2D eigenvalue weighted by Gasteiger charge is -2.29. The minimum atomic E-state index is -3.77. The molecule has 2 aromatic heterocycles. The molecule has 1 fully saturated rings. The van der Waals surface area contributed by atoms with E-state index in [1.165, 1.54) is 16.4 Å². The minimum absolute atomic E-state index is 0.00341. The van der Waals surface area contributed by atoms with Gasteiger partial charge in [0.25, 0.3) is 5.56 Å². The van der Waals surface area contributed by atoms with E-state index >= 15 is 0 Å². The SMILES string of the molecule is O=c1[nH]c2c(cc1-c1noc(C3CCN(S(=O)(=O)c4cc(Cl)ccc4Cl)CC3)n1)CNCC2. The van der Waals surface area contributed by atoms with Crippen molar-refractivity contribution in [2.45, 2.75) is 36.6 Å². The molecule has 0 amide bonds. The Kier molecular flexibility index (Phi) is 6.04. The molecule has 1 saturated heterocycles. The maximum absolute atomic E-state index is 13.0. The average molecular weight is 510 g/mol. The molecule has 1 aromatic carbocycles. The third kappa shape index (κ3) is 4.33. The Morgan fingerprint density at radius 2 is 1.94 bits per heavy atom. The van der Waals surface area contributed by atoms with Crippen LogP contribution in [0.3, 0.4) is 0 Å². The van der Waals surface area contributed by atoms with Crippen LogP contribution in [0.25, 0.3) is 11.4 Å². The number of sulfonamides is 1. The minimum Gasteiger partial charge on any atom is -0.339 e. The largest absolute Gasteiger partial charge is 0.339 e. The van der Waals surface area contributed by atoms with Crippen LogP contribution >= 0.6 is 23.2 Å². The van der Waals surface area contributed by atoms with E-state index in [4.69, 9.17) is 27.7 Å². The molecule has 0 atom stereocenters. The number of hydrogen-bond acceptors (Lipinski definition) is 7. The van der Waals surface area contributed by atoms with E-state index in [1.807, 2.05) is 0 Å². The van der Waals surface area contributed by atoms with Crippen LogP contribution in [0.15, 0.2) is 38.5 Å². The first-order valence-electron chi connectivity index (χ1n) is 10.6. The van der Waals surface area contributed by atoms with Crippen LogP contribution in [0, 0.1) is 0 Å². The van der Waals surface area contributed by atoms with Gasteiger partial charge in [-0.2, -0.15) is 9.29 Å². The number of pyridine rings is 1. The van der Waals surface area contributed by atoms with Crippen molar-refractivity contribution in [2.24, 2.45) is 0 Å². The summed E-state index contributed by atoms with van der Waals surface area (Å²) in [5.41, 5.74) is 2.06. The summed E-state index contributed by atoms with van der Waals surface area (Å²) >= 11 is 12.1. The monoisotopic (exact) mass is 509 g/mol. The van der Waals surface area contributed by atoms with Gasteiger partial charge >= 0.3 is 0 Å². The Hall–Kier alpha value is -2.24. The quantitative estimate of drug-likeness (QED) is 0.554. The first-order chi connectivity index (χ1) is 15.8. The van der Waals surface area contributed by atoms with E-state index in [1.54, 1.807) is 12.1 Å². The van der Waals surface area contributed by atoms with Crippen molar-refractivity contribution < 1.29 is 12.9 Å². The van der Waals surface area contributed by atoms with Gasteiger partial charge in [-0.25, -0.2) is 8.42 Å². The summed E-state index contributed by atoms with van der Waals surface area (Å²) in [5, 5.41) is 7.73. The number of hydrogen-bond donors (Lipinski definition) is 2. The van der Waals surface area contributed by atoms with Gasteiger partial charge in [0.15, 0.2) is 0 Å². The van der Waals surface area contributed by atoms with Gasteiger partial charge in [-0.3, -0.25) is 4.79 Å². The second-order valence-corrected chi connectivity index (χ2v) is 10.9. The van der Waals surface area contributed by atoms with Crippen LogP contribution in [0.5, 0.6) is 0 Å². The molecule has 0 bridgehead atoms. The van der Waals surface area contributed by atoms with Crippen LogP contribution in [-0.4, -0.2) is 47.5 Å². The molecule has 2 N–H and O–H groups in total. The molecule has 5 rings (SSSR count). The Balaban J connectivity index is 1.32. The highest BCUT2D eigenvalue weighted by molar-refractivity contribution is 7.89. The van der Waals surface area contributed by atoms with Gasteiger partial charge in [0, 0.05) is 49.2 Å². The number of nitrogens with zero attached hydrogens (tertiary/aromatic N) is 3. The molecular weight excluding hydrogens is 489 g/mol. The molecule has 12 heteroatoms. The number of aromatic nitrogens is 3. The zero-order chi connectivity index (χ0) is 23.2. The van der Waals surface area contributed by atoms with Crippen molar-refractivity contribution in [3.05, 3.63) is 61.8 Å². The fourth-order valence-electron chi connectivity index (χ4n) is 4.26. The fraction of sp³-hybridized carbons (Fsp3) is 0.381. The third-order valence-electron chi connectivity index (χ3n) is 6.08. The Morgan fingerprint density at radius 3 is 2.73 bits per heavy atom. The van der Waals surface area contributed by atoms with Crippen LogP contribution in [0.4, 0.5) is 0 Å². The van der Waals surface area contributed by atoms with Gasteiger partial charge < -0.3 is 14.8 Å². The summed E-state index contributed by atoms with van der Waals surface area (Å²) in [6.45, 7) is 2.05. The van der Waals surface area contributed by atoms with Gasteiger partial charge in [0.1, 0.15) is 4.90 Å². The molecule has 174 valence electrons. The van der Waals surface area contributed by atoms with Crippen molar-refractivity contribution in [3.8, 4) is 11.4 Å². The van der Waals surface area contributed by atoms with Crippen molar-refractivity contribution >= 4 is 33.2 Å². The summed E-state index contributed by atoms with van der Waals surface area (Å²) in [6.07, 6.45) is 1.78. The van der Waals surface area contributed by atoms with Crippen LogP contribution < -0.4 is 10.9 Å². The summed E-state index contributed by atoms with van der Waals surface area (Å²) in [7, 11) is -3.77.